The second-order valence-corrected chi connectivity index (χ2v) is 7.35. The first kappa shape index (κ1) is 23.1. The van der Waals surface area contributed by atoms with Gasteiger partial charge in [-0.05, 0) is 72.3 Å². The smallest absolute Gasteiger partial charge is 0.191 e. The van der Waals surface area contributed by atoms with Crippen molar-refractivity contribution in [3.8, 4) is 11.5 Å². The number of nitrogens with one attached hydrogen (secondary N) is 2. The summed E-state index contributed by atoms with van der Waals surface area (Å²) in [7, 11) is 5.84. The van der Waals surface area contributed by atoms with Gasteiger partial charge >= 0.3 is 0 Å². The van der Waals surface area contributed by atoms with E-state index in [9.17, 15) is 0 Å². The predicted octanol–water partition coefficient (Wildman–Crippen LogP) is 2.92. The number of ether oxygens (including phenoxy) is 2. The molecule has 6 heteroatoms. The van der Waals surface area contributed by atoms with Crippen molar-refractivity contribution >= 4 is 5.96 Å². The number of benzene rings is 1. The minimum atomic E-state index is 0.0289. The zero-order valence-corrected chi connectivity index (χ0v) is 18.2. The number of methoxy groups -OCH3 is 1. The first-order chi connectivity index (χ1) is 12.8. The number of nitrogens with zero attached hydrogens (tertiary/aromatic N) is 2. The third-order valence-corrected chi connectivity index (χ3v) is 4.64. The molecule has 0 saturated carbocycles. The number of aryl methyl sites for hydroxylation is 1. The van der Waals surface area contributed by atoms with E-state index < -0.39 is 0 Å². The zero-order valence-electron chi connectivity index (χ0n) is 18.2. The molecule has 6 nitrogen and oxygen atoms in total. The van der Waals surface area contributed by atoms with Crippen LogP contribution in [0.15, 0.2) is 23.2 Å². The highest BCUT2D eigenvalue weighted by Gasteiger charge is 2.19. The molecule has 0 saturated heterocycles. The van der Waals surface area contributed by atoms with Crippen molar-refractivity contribution in [1.82, 2.24) is 15.5 Å². The van der Waals surface area contributed by atoms with Crippen molar-refractivity contribution in [3.05, 3.63) is 23.8 Å². The molecular formula is C21H38N4O2. The Labute approximate surface area is 165 Å². The molecule has 0 aliphatic rings. The summed E-state index contributed by atoms with van der Waals surface area (Å²) in [6.45, 7) is 11.5. The van der Waals surface area contributed by atoms with Crippen LogP contribution < -0.4 is 20.1 Å². The van der Waals surface area contributed by atoms with E-state index in [2.05, 4.69) is 62.5 Å². The fourth-order valence-electron chi connectivity index (χ4n) is 2.40. The van der Waals surface area contributed by atoms with Gasteiger partial charge in [0.15, 0.2) is 17.5 Å². The van der Waals surface area contributed by atoms with Gasteiger partial charge in [0.05, 0.1) is 20.3 Å². The Morgan fingerprint density at radius 3 is 2.48 bits per heavy atom. The zero-order chi connectivity index (χ0) is 20.3. The second kappa shape index (κ2) is 11.7. The van der Waals surface area contributed by atoms with E-state index in [1.807, 2.05) is 13.0 Å². The molecule has 2 N–H and O–H groups in total. The molecule has 154 valence electrons. The van der Waals surface area contributed by atoms with Crippen molar-refractivity contribution in [1.29, 1.82) is 0 Å². The number of aliphatic imine (C=N–C) groups is 1. The Kier molecular flexibility index (Phi) is 10.0. The van der Waals surface area contributed by atoms with Gasteiger partial charge in [-0.25, -0.2) is 0 Å². The molecule has 0 spiro atoms. The van der Waals surface area contributed by atoms with E-state index >= 15 is 0 Å². The minimum absolute atomic E-state index is 0.0289. The lowest BCUT2D eigenvalue weighted by Crippen LogP contribution is -2.44. The van der Waals surface area contributed by atoms with Crippen molar-refractivity contribution in [2.75, 3.05) is 47.4 Å². The Morgan fingerprint density at radius 1 is 1.15 bits per heavy atom. The second-order valence-electron chi connectivity index (χ2n) is 7.35. The molecule has 0 aliphatic heterocycles. The van der Waals surface area contributed by atoms with Crippen molar-refractivity contribution in [2.45, 2.75) is 46.1 Å². The first-order valence-corrected chi connectivity index (χ1v) is 9.83. The van der Waals surface area contributed by atoms with Crippen LogP contribution in [0.1, 0.15) is 39.7 Å². The molecule has 27 heavy (non-hydrogen) atoms. The monoisotopic (exact) mass is 378 g/mol. The topological polar surface area (TPSA) is 58.1 Å². The number of guanidine groups is 1. The van der Waals surface area contributed by atoms with E-state index in [1.54, 1.807) is 7.11 Å². The number of rotatable bonds is 11. The number of hydrogen-bond donors (Lipinski definition) is 2. The van der Waals surface area contributed by atoms with Gasteiger partial charge in [0.25, 0.3) is 0 Å². The molecule has 0 heterocycles. The van der Waals surface area contributed by atoms with Crippen molar-refractivity contribution in [3.63, 3.8) is 0 Å². The molecule has 0 atom stereocenters. The number of likely N-dealkylation sites (N-methyl/N-ethyl adjacent to an activating group) is 1. The van der Waals surface area contributed by atoms with Gasteiger partial charge in [0.2, 0.25) is 0 Å². The van der Waals surface area contributed by atoms with Crippen LogP contribution in [0.3, 0.4) is 0 Å². The lowest BCUT2D eigenvalue weighted by atomic mass is 10.1. The molecule has 1 aromatic carbocycles. The average molecular weight is 379 g/mol. The third-order valence-electron chi connectivity index (χ3n) is 4.64. The summed E-state index contributed by atoms with van der Waals surface area (Å²) >= 11 is 0. The van der Waals surface area contributed by atoms with E-state index in [0.29, 0.717) is 6.61 Å². The van der Waals surface area contributed by atoms with E-state index in [4.69, 9.17) is 14.5 Å². The normalized spacial score (nSPS) is 12.2. The van der Waals surface area contributed by atoms with Crippen LogP contribution in [-0.4, -0.2) is 63.8 Å². The standard InChI is InChI=1S/C21H38N4O2/c1-8-22-20(24-16-21(3,4)25(5)6)23-14-10-11-17-12-13-18(26-7)19(15-17)27-9-2/h12-13,15H,8-11,14,16H2,1-7H3,(H2,22,23,24). The fourth-order valence-corrected chi connectivity index (χ4v) is 2.40. The van der Waals surface area contributed by atoms with Gasteiger partial charge in [0.1, 0.15) is 0 Å². The quantitative estimate of drug-likeness (QED) is 0.352. The largest absolute Gasteiger partial charge is 0.493 e. The maximum atomic E-state index is 5.65. The summed E-state index contributed by atoms with van der Waals surface area (Å²) in [5.74, 6) is 2.47. The van der Waals surface area contributed by atoms with Crippen LogP contribution in [-0.2, 0) is 6.42 Å². The molecule has 0 aliphatic carbocycles. The average Bonchev–Trinajstić information content (AvgIpc) is 2.63. The molecular weight excluding hydrogens is 340 g/mol. The molecule has 0 radical (unpaired) electrons. The van der Waals surface area contributed by atoms with Crippen LogP contribution >= 0.6 is 0 Å². The van der Waals surface area contributed by atoms with Crippen LogP contribution in [0, 0.1) is 0 Å². The molecule has 1 rings (SSSR count). The Balaban J connectivity index is 2.55. The van der Waals surface area contributed by atoms with Gasteiger partial charge in [-0.2, -0.15) is 0 Å². The summed E-state index contributed by atoms with van der Waals surface area (Å²) in [6.07, 6.45) is 1.99. The summed E-state index contributed by atoms with van der Waals surface area (Å²) in [5, 5.41) is 6.75. The highest BCUT2D eigenvalue weighted by Crippen LogP contribution is 2.28. The molecule has 0 fully saturated rings. The molecule has 0 unspecified atom stereocenters. The number of hydrogen-bond acceptors (Lipinski definition) is 4. The molecule has 0 aromatic heterocycles. The summed E-state index contributed by atoms with van der Waals surface area (Å²) in [6, 6.07) is 6.14. The maximum Gasteiger partial charge on any atom is 0.191 e. The van der Waals surface area contributed by atoms with Gasteiger partial charge < -0.3 is 25.0 Å². The lowest BCUT2D eigenvalue weighted by molar-refractivity contribution is 0.204. The lowest BCUT2D eigenvalue weighted by Gasteiger charge is -2.31. The molecule has 0 bridgehead atoms. The van der Waals surface area contributed by atoms with Gasteiger partial charge in [-0.1, -0.05) is 6.07 Å². The van der Waals surface area contributed by atoms with Gasteiger partial charge in [-0.3, -0.25) is 4.99 Å². The van der Waals surface area contributed by atoms with Crippen LogP contribution in [0.2, 0.25) is 0 Å². The summed E-state index contributed by atoms with van der Waals surface area (Å²) in [5.41, 5.74) is 1.28. The summed E-state index contributed by atoms with van der Waals surface area (Å²) in [4.78, 5) is 6.92. The highest BCUT2D eigenvalue weighted by atomic mass is 16.5. The van der Waals surface area contributed by atoms with Crippen LogP contribution in [0.4, 0.5) is 0 Å². The van der Waals surface area contributed by atoms with Crippen molar-refractivity contribution in [2.24, 2.45) is 4.99 Å². The van der Waals surface area contributed by atoms with Crippen molar-refractivity contribution < 1.29 is 9.47 Å². The van der Waals surface area contributed by atoms with Crippen LogP contribution in [0.25, 0.3) is 0 Å². The summed E-state index contributed by atoms with van der Waals surface area (Å²) < 4.78 is 11.0. The Hall–Kier alpha value is -1.95. The minimum Gasteiger partial charge on any atom is -0.493 e. The third kappa shape index (κ3) is 8.08. The van der Waals surface area contributed by atoms with Gasteiger partial charge in [-0.15, -0.1) is 0 Å². The molecule has 0 amide bonds. The van der Waals surface area contributed by atoms with Crippen LogP contribution in [0.5, 0.6) is 11.5 Å². The first-order valence-electron chi connectivity index (χ1n) is 9.83. The SMILES string of the molecule is CCNC(=NCC(C)(C)N(C)C)NCCCc1ccc(OC)c(OCC)c1. The van der Waals surface area contributed by atoms with E-state index in [1.165, 1.54) is 5.56 Å². The fraction of sp³-hybridized carbons (Fsp3) is 0.667. The highest BCUT2D eigenvalue weighted by molar-refractivity contribution is 5.79. The van der Waals surface area contributed by atoms with E-state index in [-0.39, 0.29) is 5.54 Å². The molecule has 1 aromatic rings. The predicted molar refractivity (Wildman–Crippen MR) is 114 cm³/mol. The van der Waals surface area contributed by atoms with Gasteiger partial charge in [0, 0.05) is 18.6 Å². The maximum absolute atomic E-state index is 5.65. The van der Waals surface area contributed by atoms with E-state index in [0.717, 1.165) is 49.9 Å². The Bertz CT molecular complexity index is 586. The Morgan fingerprint density at radius 2 is 1.89 bits per heavy atom.